The number of hydrogen-bond donors (Lipinski definition) is 2. The largest absolute Gasteiger partial charge is 0.453 e. The van der Waals surface area contributed by atoms with E-state index in [9.17, 15) is 24.0 Å². The first-order chi connectivity index (χ1) is 28.2. The van der Waals surface area contributed by atoms with E-state index >= 15 is 13.2 Å². The number of nitrogens with two attached hydrogens (primary N) is 1. The van der Waals surface area contributed by atoms with E-state index in [1.165, 1.54) is 44.7 Å². The summed E-state index contributed by atoms with van der Waals surface area (Å²) in [5, 5.41) is 16.6. The highest BCUT2D eigenvalue weighted by Crippen LogP contribution is 2.48. The second-order valence-electron chi connectivity index (χ2n) is 15.9. The molecule has 3 N–H and O–H groups in total. The molecule has 306 valence electrons. The Morgan fingerprint density at radius 2 is 1.80 bits per heavy atom. The summed E-state index contributed by atoms with van der Waals surface area (Å²) in [6, 6.07) is 10.2. The third kappa shape index (κ3) is 6.71. The van der Waals surface area contributed by atoms with Crippen LogP contribution in [0.1, 0.15) is 68.0 Å². The van der Waals surface area contributed by atoms with Gasteiger partial charge in [-0.2, -0.15) is 10.4 Å². The molecule has 3 saturated heterocycles. The summed E-state index contributed by atoms with van der Waals surface area (Å²) in [7, 11) is 1.59. The standard InChI is InChI=1S/C41H39F4N9O5/c1-51-34-16-25(31(43)15-27(34)37(50-51)53-13-9-35(55)49-39(53)57)29-8-12-52(20-41(29,44)45)22-6-10-40(11-7-22)17-23(19-58-40)54-21-48-33-5-2-24(14-26(33)38(54)56)59-36-28(18-46)32(47)4-3-30(36)42/h2-5,14-16,21-23,29H,6-13,17,19-20,47H2,1H3,(H,49,55,57). The van der Waals surface area contributed by atoms with Gasteiger partial charge in [-0.1, -0.05) is 0 Å². The van der Waals surface area contributed by atoms with Crippen molar-refractivity contribution in [3.8, 4) is 17.6 Å². The van der Waals surface area contributed by atoms with Gasteiger partial charge in [-0.15, -0.1) is 0 Å². The van der Waals surface area contributed by atoms with Gasteiger partial charge in [0, 0.05) is 31.4 Å². The number of aromatic nitrogens is 4. The summed E-state index contributed by atoms with van der Waals surface area (Å²) in [6.07, 6.45) is 4.53. The minimum atomic E-state index is -3.23. The van der Waals surface area contributed by atoms with Gasteiger partial charge in [-0.05, 0) is 93.1 Å². The second kappa shape index (κ2) is 14.3. The number of carbonyl (C=O) groups is 2. The second-order valence-corrected chi connectivity index (χ2v) is 15.9. The Hall–Kier alpha value is -6.06. The van der Waals surface area contributed by atoms with Crippen LogP contribution in [0, 0.1) is 23.0 Å². The van der Waals surface area contributed by atoms with E-state index in [-0.39, 0.29) is 88.5 Å². The lowest BCUT2D eigenvalue weighted by Gasteiger charge is -2.46. The normalized spacial score (nSPS) is 24.8. The van der Waals surface area contributed by atoms with Gasteiger partial charge in [0.2, 0.25) is 5.91 Å². The summed E-state index contributed by atoms with van der Waals surface area (Å²) >= 11 is 0. The number of aryl methyl sites for hydroxylation is 1. The number of carbonyl (C=O) groups excluding carboxylic acids is 2. The van der Waals surface area contributed by atoms with Crippen molar-refractivity contribution in [2.45, 2.75) is 74.5 Å². The van der Waals surface area contributed by atoms with Crippen molar-refractivity contribution in [2.24, 2.45) is 7.05 Å². The Kier molecular flexibility index (Phi) is 9.35. The minimum absolute atomic E-state index is 0.0372. The molecule has 18 heteroatoms. The van der Waals surface area contributed by atoms with Crippen LogP contribution in [0.2, 0.25) is 0 Å². The lowest BCUT2D eigenvalue weighted by atomic mass is 9.78. The highest BCUT2D eigenvalue weighted by atomic mass is 19.3. The summed E-state index contributed by atoms with van der Waals surface area (Å²) in [5.74, 6) is -6.67. The van der Waals surface area contributed by atoms with Crippen molar-refractivity contribution >= 4 is 45.2 Å². The number of hydrogen-bond acceptors (Lipinski definition) is 10. The topological polar surface area (TPSA) is 174 Å². The van der Waals surface area contributed by atoms with E-state index in [1.807, 2.05) is 6.07 Å². The number of nitrogens with zero attached hydrogens (tertiary/aromatic N) is 7. The van der Waals surface area contributed by atoms with Gasteiger partial charge in [-0.3, -0.25) is 34.0 Å². The number of fused-ring (bicyclic) bond motifs is 2. The van der Waals surface area contributed by atoms with Crippen molar-refractivity contribution in [3.63, 3.8) is 0 Å². The number of anilines is 2. The van der Waals surface area contributed by atoms with Crippen LogP contribution in [0.25, 0.3) is 21.8 Å². The summed E-state index contributed by atoms with van der Waals surface area (Å²) in [6.45, 7) is 0.149. The Morgan fingerprint density at radius 1 is 1.00 bits per heavy atom. The van der Waals surface area contributed by atoms with Crippen LogP contribution in [0.3, 0.4) is 0 Å². The van der Waals surface area contributed by atoms with Crippen LogP contribution in [0.5, 0.6) is 11.5 Å². The Bertz CT molecular complexity index is 2650. The number of amides is 3. The van der Waals surface area contributed by atoms with Crippen molar-refractivity contribution in [1.29, 1.82) is 5.26 Å². The number of halogens is 4. The molecule has 0 radical (unpaired) electrons. The predicted molar refractivity (Wildman–Crippen MR) is 206 cm³/mol. The van der Waals surface area contributed by atoms with Gasteiger partial charge >= 0.3 is 6.03 Å². The lowest BCUT2D eigenvalue weighted by Crippen LogP contribution is -2.53. The average Bonchev–Trinajstić information content (AvgIpc) is 3.76. The van der Waals surface area contributed by atoms with Crippen molar-refractivity contribution in [2.75, 3.05) is 36.9 Å². The number of ether oxygens (including phenoxy) is 2. The molecule has 1 spiro atoms. The van der Waals surface area contributed by atoms with Gasteiger partial charge in [0.25, 0.3) is 11.5 Å². The number of piperidine rings is 1. The summed E-state index contributed by atoms with van der Waals surface area (Å²) < 4.78 is 77.6. The quantitative estimate of drug-likeness (QED) is 0.153. The monoisotopic (exact) mass is 813 g/mol. The average molecular weight is 814 g/mol. The molecule has 1 aliphatic carbocycles. The van der Waals surface area contributed by atoms with E-state index in [0.717, 1.165) is 12.1 Å². The first kappa shape index (κ1) is 38.5. The molecule has 4 aliphatic rings. The number of nitrogens with one attached hydrogen (secondary N) is 1. The van der Waals surface area contributed by atoms with E-state index in [1.54, 1.807) is 18.0 Å². The van der Waals surface area contributed by atoms with Gasteiger partial charge in [-0.25, -0.2) is 27.3 Å². The molecule has 9 rings (SSSR count). The molecule has 2 unspecified atom stereocenters. The summed E-state index contributed by atoms with van der Waals surface area (Å²) in [4.78, 5) is 45.5. The fourth-order valence-corrected chi connectivity index (χ4v) is 9.35. The molecule has 2 atom stereocenters. The zero-order chi connectivity index (χ0) is 41.4. The van der Waals surface area contributed by atoms with E-state index in [2.05, 4.69) is 15.4 Å². The SMILES string of the molecule is Cn1nc(N2CCC(=O)NC2=O)c2cc(F)c(C3CCN(C4CCC5(CC4)CC(n4cnc6ccc(Oc7c(F)ccc(N)c7C#N)cc6c4=O)CO5)CC3(F)F)cc21. The molecule has 3 aromatic carbocycles. The molecule has 5 aromatic rings. The molecule has 2 aromatic heterocycles. The predicted octanol–water partition coefficient (Wildman–Crippen LogP) is 6.02. The minimum Gasteiger partial charge on any atom is -0.453 e. The van der Waals surface area contributed by atoms with Crippen LogP contribution < -0.4 is 26.2 Å². The molecular formula is C41H39F4N9O5. The maximum atomic E-state index is 16.1. The van der Waals surface area contributed by atoms with Gasteiger partial charge in [0.05, 0.1) is 59.1 Å². The van der Waals surface area contributed by atoms with Crippen LogP contribution in [0.4, 0.5) is 33.9 Å². The number of nitrogen functional groups attached to an aromatic ring is 1. The molecule has 0 bridgehead atoms. The van der Waals surface area contributed by atoms with Gasteiger partial charge in [0.1, 0.15) is 23.2 Å². The van der Waals surface area contributed by atoms with E-state index in [4.69, 9.17) is 15.2 Å². The number of rotatable bonds is 6. The third-order valence-electron chi connectivity index (χ3n) is 12.5. The number of nitriles is 1. The number of likely N-dealkylation sites (tertiary alicyclic amines) is 1. The fourth-order valence-electron chi connectivity index (χ4n) is 9.35. The Balaban J connectivity index is 0.858. The van der Waals surface area contributed by atoms with Crippen molar-refractivity contribution < 1.29 is 36.6 Å². The molecule has 59 heavy (non-hydrogen) atoms. The maximum absolute atomic E-state index is 16.1. The molecule has 4 fully saturated rings. The third-order valence-corrected chi connectivity index (χ3v) is 12.5. The lowest BCUT2D eigenvalue weighted by molar-refractivity contribution is -0.120. The summed E-state index contributed by atoms with van der Waals surface area (Å²) in [5.41, 5.74) is 5.55. The first-order valence-electron chi connectivity index (χ1n) is 19.4. The number of urea groups is 1. The van der Waals surface area contributed by atoms with Crippen molar-refractivity contribution in [3.05, 3.63) is 81.9 Å². The molecular weight excluding hydrogens is 775 g/mol. The molecule has 3 aliphatic heterocycles. The number of benzene rings is 3. The van der Waals surface area contributed by atoms with Crippen LogP contribution in [0.15, 0.2) is 53.6 Å². The Labute approximate surface area is 334 Å². The molecule has 3 amide bonds. The smallest absolute Gasteiger partial charge is 0.329 e. The van der Waals surface area contributed by atoms with Crippen LogP contribution >= 0.6 is 0 Å². The van der Waals surface area contributed by atoms with Crippen LogP contribution in [-0.2, 0) is 16.6 Å². The molecule has 5 heterocycles. The van der Waals surface area contributed by atoms with Crippen molar-refractivity contribution in [1.82, 2.24) is 29.5 Å². The highest BCUT2D eigenvalue weighted by molar-refractivity contribution is 6.08. The first-order valence-corrected chi connectivity index (χ1v) is 19.4. The highest BCUT2D eigenvalue weighted by Gasteiger charge is 2.50. The van der Waals surface area contributed by atoms with E-state index in [0.29, 0.717) is 49.7 Å². The maximum Gasteiger partial charge on any atom is 0.329 e. The van der Waals surface area contributed by atoms with Gasteiger partial charge in [0.15, 0.2) is 17.4 Å². The fraction of sp³-hybridized carbons (Fsp3) is 0.415. The number of imide groups is 1. The molecule has 1 saturated carbocycles. The van der Waals surface area contributed by atoms with E-state index < -0.39 is 47.6 Å². The zero-order valence-corrected chi connectivity index (χ0v) is 31.9. The number of alkyl halides is 2. The van der Waals surface area contributed by atoms with Crippen LogP contribution in [-0.4, -0.2) is 80.0 Å². The molecule has 14 nitrogen and oxygen atoms in total. The van der Waals surface area contributed by atoms with Gasteiger partial charge < -0.3 is 15.2 Å². The Morgan fingerprint density at radius 3 is 2.54 bits per heavy atom. The zero-order valence-electron chi connectivity index (χ0n) is 31.9.